The van der Waals surface area contributed by atoms with Gasteiger partial charge in [-0.3, -0.25) is 9.59 Å². The van der Waals surface area contributed by atoms with E-state index in [1.807, 2.05) is 56.3 Å². The number of carbonyl (C=O) groups is 3. The maximum atomic E-state index is 14.0. The van der Waals surface area contributed by atoms with Gasteiger partial charge in [-0.1, -0.05) is 61.2 Å². The Morgan fingerprint density at radius 1 is 1.08 bits per heavy atom. The van der Waals surface area contributed by atoms with E-state index in [1.165, 1.54) is 4.90 Å². The van der Waals surface area contributed by atoms with Gasteiger partial charge in [-0.05, 0) is 57.4 Å². The Labute approximate surface area is 219 Å². The van der Waals surface area contributed by atoms with Crippen molar-refractivity contribution < 1.29 is 19.1 Å². The summed E-state index contributed by atoms with van der Waals surface area (Å²) >= 11 is 0. The lowest BCUT2D eigenvalue weighted by molar-refractivity contribution is -0.142. The minimum Gasteiger partial charge on any atom is -0.444 e. The van der Waals surface area contributed by atoms with Crippen molar-refractivity contribution in [2.75, 3.05) is 6.54 Å². The largest absolute Gasteiger partial charge is 0.444 e. The normalized spacial score (nSPS) is 12.6. The van der Waals surface area contributed by atoms with Crippen LogP contribution < -0.4 is 10.6 Å². The Kier molecular flexibility index (Phi) is 10.4. The summed E-state index contributed by atoms with van der Waals surface area (Å²) in [6.45, 7) is 12.2. The summed E-state index contributed by atoms with van der Waals surface area (Å²) in [5.74, 6) is -1.01. The molecule has 0 spiro atoms. The molecule has 0 radical (unpaired) electrons. The molecular weight excluding hydrogens is 468 g/mol. The van der Waals surface area contributed by atoms with Crippen LogP contribution in [0.25, 0.3) is 6.08 Å². The number of amides is 3. The number of carbonyl (C=O) groups excluding carboxylic acids is 3. The standard InChI is InChI=1S/C29H36N4O4/c1-7-21-14-11-15-23(18-21)25(26(34)31-20(2)3)33(17-16-30)27(35)24(19-22-12-9-8-10-13-22)32-28(36)37-29(4,5)6/h7-15,18,20,24-25H,1,17,19H2,2-6H3,(H,31,34)(H,32,36). The lowest BCUT2D eigenvalue weighted by atomic mass is 9.98. The van der Waals surface area contributed by atoms with Gasteiger partial charge >= 0.3 is 6.09 Å². The average molecular weight is 505 g/mol. The lowest BCUT2D eigenvalue weighted by Crippen LogP contribution is -2.54. The van der Waals surface area contributed by atoms with Crippen LogP contribution >= 0.6 is 0 Å². The number of nitriles is 1. The summed E-state index contributed by atoms with van der Waals surface area (Å²) in [5.41, 5.74) is 1.30. The van der Waals surface area contributed by atoms with Gasteiger partial charge in [-0.25, -0.2) is 4.79 Å². The Morgan fingerprint density at radius 2 is 1.76 bits per heavy atom. The Balaban J connectivity index is 2.54. The van der Waals surface area contributed by atoms with Crippen molar-refractivity contribution in [3.63, 3.8) is 0 Å². The molecule has 0 saturated heterocycles. The maximum Gasteiger partial charge on any atom is 0.408 e. The van der Waals surface area contributed by atoms with Gasteiger partial charge in [0, 0.05) is 12.5 Å². The van der Waals surface area contributed by atoms with Crippen LogP contribution in [-0.4, -0.2) is 47.0 Å². The molecule has 0 aromatic heterocycles. The van der Waals surface area contributed by atoms with Gasteiger partial charge in [0.1, 0.15) is 24.2 Å². The predicted octanol–water partition coefficient (Wildman–Crippen LogP) is 4.38. The molecule has 2 aromatic carbocycles. The zero-order valence-corrected chi connectivity index (χ0v) is 22.2. The van der Waals surface area contributed by atoms with E-state index in [1.54, 1.807) is 45.0 Å². The third-order valence-electron chi connectivity index (χ3n) is 5.25. The fraction of sp³-hybridized carbons (Fsp3) is 0.379. The zero-order valence-electron chi connectivity index (χ0n) is 22.2. The predicted molar refractivity (Wildman–Crippen MR) is 143 cm³/mol. The van der Waals surface area contributed by atoms with Crippen LogP contribution in [0, 0.1) is 11.3 Å². The highest BCUT2D eigenvalue weighted by Gasteiger charge is 2.36. The number of hydrogen-bond donors (Lipinski definition) is 2. The highest BCUT2D eigenvalue weighted by atomic mass is 16.6. The molecule has 2 rings (SSSR count). The highest BCUT2D eigenvalue weighted by Crippen LogP contribution is 2.25. The Bertz CT molecular complexity index is 1130. The van der Waals surface area contributed by atoms with Crippen molar-refractivity contribution in [1.82, 2.24) is 15.5 Å². The molecule has 8 nitrogen and oxygen atoms in total. The van der Waals surface area contributed by atoms with Crippen LogP contribution in [0.1, 0.15) is 57.4 Å². The van der Waals surface area contributed by atoms with Crippen LogP contribution in [0.15, 0.2) is 61.2 Å². The third kappa shape index (κ3) is 9.12. The molecule has 0 heterocycles. The summed E-state index contributed by atoms with van der Waals surface area (Å²) in [5, 5.41) is 15.2. The van der Waals surface area contributed by atoms with Crippen molar-refractivity contribution in [3.8, 4) is 6.07 Å². The second kappa shape index (κ2) is 13.3. The first-order valence-electron chi connectivity index (χ1n) is 12.2. The quantitative estimate of drug-likeness (QED) is 0.466. The fourth-order valence-corrected chi connectivity index (χ4v) is 3.76. The monoisotopic (exact) mass is 504 g/mol. The van der Waals surface area contributed by atoms with E-state index in [2.05, 4.69) is 17.2 Å². The molecule has 37 heavy (non-hydrogen) atoms. The van der Waals surface area contributed by atoms with Gasteiger partial charge < -0.3 is 20.3 Å². The minimum absolute atomic E-state index is 0.145. The van der Waals surface area contributed by atoms with E-state index in [-0.39, 0.29) is 19.0 Å². The minimum atomic E-state index is -1.10. The molecule has 2 atom stereocenters. The Hall–Kier alpha value is -4.12. The topological polar surface area (TPSA) is 112 Å². The molecule has 0 saturated carbocycles. The van der Waals surface area contributed by atoms with Gasteiger partial charge in [0.05, 0.1) is 6.07 Å². The molecule has 2 N–H and O–H groups in total. The molecule has 196 valence electrons. The second-order valence-corrected chi connectivity index (χ2v) is 9.95. The van der Waals surface area contributed by atoms with Crippen LogP contribution in [0.4, 0.5) is 4.79 Å². The molecule has 0 bridgehead atoms. The molecule has 3 amide bonds. The van der Waals surface area contributed by atoms with E-state index < -0.39 is 35.6 Å². The molecular formula is C29H36N4O4. The average Bonchev–Trinajstić information content (AvgIpc) is 2.82. The number of hydrogen-bond acceptors (Lipinski definition) is 5. The summed E-state index contributed by atoms with van der Waals surface area (Å²) < 4.78 is 5.40. The molecule has 0 fully saturated rings. The lowest BCUT2D eigenvalue weighted by Gasteiger charge is -2.33. The van der Waals surface area contributed by atoms with E-state index in [0.29, 0.717) is 5.56 Å². The Morgan fingerprint density at radius 3 is 2.32 bits per heavy atom. The van der Waals surface area contributed by atoms with Crippen molar-refractivity contribution >= 4 is 24.0 Å². The number of nitrogens with zero attached hydrogens (tertiary/aromatic N) is 2. The van der Waals surface area contributed by atoms with E-state index >= 15 is 0 Å². The first-order valence-corrected chi connectivity index (χ1v) is 12.2. The van der Waals surface area contributed by atoms with Crippen LogP contribution in [0.3, 0.4) is 0 Å². The van der Waals surface area contributed by atoms with Crippen molar-refractivity contribution in [2.45, 2.75) is 64.8 Å². The zero-order chi connectivity index (χ0) is 27.6. The summed E-state index contributed by atoms with van der Waals surface area (Å²) in [6.07, 6.45) is 1.02. The number of rotatable bonds is 10. The van der Waals surface area contributed by atoms with Gasteiger partial charge in [-0.15, -0.1) is 0 Å². The first kappa shape index (κ1) is 29.1. The molecule has 0 aliphatic rings. The number of alkyl carbamates (subject to hydrolysis) is 1. The van der Waals surface area contributed by atoms with Crippen molar-refractivity contribution in [3.05, 3.63) is 77.9 Å². The van der Waals surface area contributed by atoms with Gasteiger partial charge in [-0.2, -0.15) is 5.26 Å². The summed E-state index contributed by atoms with van der Waals surface area (Å²) in [4.78, 5) is 41.3. The van der Waals surface area contributed by atoms with Crippen molar-refractivity contribution in [2.24, 2.45) is 0 Å². The van der Waals surface area contributed by atoms with Gasteiger partial charge in [0.25, 0.3) is 0 Å². The van der Waals surface area contributed by atoms with E-state index in [4.69, 9.17) is 4.74 Å². The maximum absolute atomic E-state index is 14.0. The van der Waals surface area contributed by atoms with E-state index in [0.717, 1.165) is 11.1 Å². The molecule has 8 heteroatoms. The first-order chi connectivity index (χ1) is 17.4. The third-order valence-corrected chi connectivity index (χ3v) is 5.25. The highest BCUT2D eigenvalue weighted by molar-refractivity contribution is 5.92. The number of benzene rings is 2. The summed E-state index contributed by atoms with van der Waals surface area (Å²) in [7, 11) is 0. The smallest absolute Gasteiger partial charge is 0.408 e. The number of ether oxygens (including phenoxy) is 1. The SMILES string of the molecule is C=Cc1cccc(C(C(=O)NC(C)C)N(CC#N)C(=O)C(Cc2ccccc2)NC(=O)OC(C)(C)C)c1. The van der Waals surface area contributed by atoms with Crippen LogP contribution in [0.5, 0.6) is 0 Å². The summed E-state index contributed by atoms with van der Waals surface area (Å²) in [6, 6.07) is 15.9. The molecule has 0 aliphatic heterocycles. The molecule has 2 unspecified atom stereocenters. The second-order valence-electron chi connectivity index (χ2n) is 9.95. The molecule has 0 aliphatic carbocycles. The number of nitrogens with one attached hydrogen (secondary N) is 2. The van der Waals surface area contributed by atoms with Gasteiger partial charge in [0.15, 0.2) is 0 Å². The molecule has 2 aromatic rings. The van der Waals surface area contributed by atoms with Gasteiger partial charge in [0.2, 0.25) is 11.8 Å². The fourth-order valence-electron chi connectivity index (χ4n) is 3.76. The van der Waals surface area contributed by atoms with Crippen LogP contribution in [0.2, 0.25) is 0 Å². The van der Waals surface area contributed by atoms with Crippen molar-refractivity contribution in [1.29, 1.82) is 5.26 Å². The van der Waals surface area contributed by atoms with Crippen LogP contribution in [-0.2, 0) is 20.7 Å². The van der Waals surface area contributed by atoms with E-state index in [9.17, 15) is 19.6 Å².